The lowest BCUT2D eigenvalue weighted by Crippen LogP contribution is -2.53. The van der Waals surface area contributed by atoms with E-state index in [4.69, 9.17) is 4.42 Å². The summed E-state index contributed by atoms with van der Waals surface area (Å²) in [5, 5.41) is 2.31. The summed E-state index contributed by atoms with van der Waals surface area (Å²) in [6.45, 7) is 6.67. The van der Waals surface area contributed by atoms with Crippen LogP contribution in [0.4, 0.5) is 0 Å². The molecule has 1 fully saturated rings. The summed E-state index contributed by atoms with van der Waals surface area (Å²) >= 11 is 0. The maximum Gasteiger partial charge on any atom is 0.105 e. The molecule has 4 nitrogen and oxygen atoms in total. The average Bonchev–Trinajstić information content (AvgIpc) is 2.74. The zero-order valence-corrected chi connectivity index (χ0v) is 10.1. The van der Waals surface area contributed by atoms with Crippen molar-refractivity contribution in [3.63, 3.8) is 0 Å². The minimum absolute atomic E-state index is 0.426. The van der Waals surface area contributed by atoms with Crippen LogP contribution in [-0.2, 0) is 6.42 Å². The smallest absolute Gasteiger partial charge is 0.105 e. The summed E-state index contributed by atoms with van der Waals surface area (Å²) < 4.78 is 5.34. The van der Waals surface area contributed by atoms with Gasteiger partial charge in [-0.3, -0.25) is 5.43 Å². The molecule has 1 N–H and O–H groups in total. The van der Waals surface area contributed by atoms with E-state index >= 15 is 0 Å². The second-order valence-corrected chi connectivity index (χ2v) is 4.60. The Morgan fingerprint density at radius 3 is 2.75 bits per heavy atom. The van der Waals surface area contributed by atoms with Gasteiger partial charge in [0, 0.05) is 38.6 Å². The van der Waals surface area contributed by atoms with Crippen molar-refractivity contribution in [1.82, 2.24) is 15.3 Å². The molecule has 1 aliphatic rings. The molecule has 1 aromatic rings. The van der Waals surface area contributed by atoms with Crippen LogP contribution in [0.1, 0.15) is 12.7 Å². The summed E-state index contributed by atoms with van der Waals surface area (Å²) in [6, 6.07) is 4.40. The fraction of sp³-hybridized carbons (Fsp3) is 0.667. The lowest BCUT2D eigenvalue weighted by molar-refractivity contribution is 0.0889. The topological polar surface area (TPSA) is 31.7 Å². The van der Waals surface area contributed by atoms with Crippen LogP contribution in [-0.4, -0.2) is 49.2 Å². The van der Waals surface area contributed by atoms with Gasteiger partial charge < -0.3 is 9.32 Å². The van der Waals surface area contributed by atoms with Crippen LogP contribution in [0, 0.1) is 0 Å². The van der Waals surface area contributed by atoms with Crippen LogP contribution in [0.5, 0.6) is 0 Å². The molecular weight excluding hydrogens is 202 g/mol. The fourth-order valence-corrected chi connectivity index (χ4v) is 2.02. The highest BCUT2D eigenvalue weighted by molar-refractivity contribution is 4.99. The molecule has 16 heavy (non-hydrogen) atoms. The maximum atomic E-state index is 5.34. The number of hydrazine groups is 1. The number of nitrogens with one attached hydrogen (secondary N) is 1. The molecule has 0 radical (unpaired) electrons. The van der Waals surface area contributed by atoms with Crippen molar-refractivity contribution < 1.29 is 4.42 Å². The minimum Gasteiger partial charge on any atom is -0.469 e. The van der Waals surface area contributed by atoms with Gasteiger partial charge >= 0.3 is 0 Å². The molecule has 4 heteroatoms. The number of furan rings is 1. The summed E-state index contributed by atoms with van der Waals surface area (Å²) in [6.07, 6.45) is 2.68. The molecular formula is C12H21N3O. The largest absolute Gasteiger partial charge is 0.469 e. The Balaban J connectivity index is 1.72. The van der Waals surface area contributed by atoms with Crippen LogP contribution in [0.25, 0.3) is 0 Å². The van der Waals surface area contributed by atoms with Crippen LogP contribution >= 0.6 is 0 Å². The van der Waals surface area contributed by atoms with Crippen molar-refractivity contribution in [2.45, 2.75) is 19.4 Å². The number of hydrogen-bond donors (Lipinski definition) is 1. The third-order valence-corrected chi connectivity index (χ3v) is 2.99. The highest BCUT2D eigenvalue weighted by Crippen LogP contribution is 2.05. The van der Waals surface area contributed by atoms with E-state index in [1.54, 1.807) is 6.26 Å². The van der Waals surface area contributed by atoms with Crippen molar-refractivity contribution in [1.29, 1.82) is 0 Å². The molecule has 0 aliphatic carbocycles. The summed E-state index contributed by atoms with van der Waals surface area (Å²) in [4.78, 5) is 2.36. The molecule has 0 bridgehead atoms. The zero-order valence-electron chi connectivity index (χ0n) is 10.1. The van der Waals surface area contributed by atoms with Crippen LogP contribution in [0.15, 0.2) is 22.8 Å². The lowest BCUT2D eigenvalue weighted by Gasteiger charge is -2.34. The van der Waals surface area contributed by atoms with Crippen LogP contribution in [0.3, 0.4) is 0 Å². The molecule has 1 atom stereocenters. The van der Waals surface area contributed by atoms with E-state index < -0.39 is 0 Å². The first-order valence-corrected chi connectivity index (χ1v) is 5.96. The van der Waals surface area contributed by atoms with E-state index in [1.807, 2.05) is 12.1 Å². The predicted octanol–water partition coefficient (Wildman–Crippen LogP) is 0.963. The zero-order chi connectivity index (χ0) is 11.4. The Morgan fingerprint density at radius 2 is 2.12 bits per heavy atom. The molecule has 0 aromatic carbocycles. The van der Waals surface area contributed by atoms with E-state index in [2.05, 4.69) is 29.3 Å². The highest BCUT2D eigenvalue weighted by Gasteiger charge is 2.15. The number of rotatable bonds is 4. The van der Waals surface area contributed by atoms with Crippen molar-refractivity contribution >= 4 is 0 Å². The Kier molecular flexibility index (Phi) is 3.98. The molecule has 2 rings (SSSR count). The van der Waals surface area contributed by atoms with E-state index in [-0.39, 0.29) is 0 Å². The van der Waals surface area contributed by atoms with E-state index in [1.165, 1.54) is 0 Å². The van der Waals surface area contributed by atoms with Crippen molar-refractivity contribution in [2.24, 2.45) is 0 Å². The second kappa shape index (κ2) is 5.48. The van der Waals surface area contributed by atoms with Gasteiger partial charge in [0.05, 0.1) is 6.26 Å². The van der Waals surface area contributed by atoms with Gasteiger partial charge in [0.2, 0.25) is 0 Å². The van der Waals surface area contributed by atoms with Gasteiger partial charge in [0.1, 0.15) is 5.76 Å². The summed E-state index contributed by atoms with van der Waals surface area (Å²) in [5.74, 6) is 1.05. The average molecular weight is 223 g/mol. The summed E-state index contributed by atoms with van der Waals surface area (Å²) in [7, 11) is 2.17. The standard InChI is InChI=1S/C12H21N3O/c1-11(10-12-4-3-9-16-12)13-15-7-5-14(2)6-8-15/h3-4,9,11,13H,5-8,10H2,1-2H3. The van der Waals surface area contributed by atoms with E-state index in [0.717, 1.165) is 38.4 Å². The van der Waals surface area contributed by atoms with Crippen molar-refractivity contribution in [2.75, 3.05) is 33.2 Å². The van der Waals surface area contributed by atoms with E-state index in [0.29, 0.717) is 6.04 Å². The monoisotopic (exact) mass is 223 g/mol. The van der Waals surface area contributed by atoms with Crippen LogP contribution in [0.2, 0.25) is 0 Å². The number of hydrogen-bond acceptors (Lipinski definition) is 4. The van der Waals surface area contributed by atoms with E-state index in [9.17, 15) is 0 Å². The molecule has 0 saturated carbocycles. The Hall–Kier alpha value is -0.840. The van der Waals surface area contributed by atoms with Gasteiger partial charge in [0.15, 0.2) is 0 Å². The Morgan fingerprint density at radius 1 is 1.38 bits per heavy atom. The molecule has 1 saturated heterocycles. The molecule has 90 valence electrons. The second-order valence-electron chi connectivity index (χ2n) is 4.60. The first kappa shape index (κ1) is 11.6. The van der Waals surface area contributed by atoms with Gasteiger partial charge in [-0.05, 0) is 26.1 Å². The minimum atomic E-state index is 0.426. The van der Waals surface area contributed by atoms with Crippen LogP contribution < -0.4 is 5.43 Å². The number of nitrogens with zero attached hydrogens (tertiary/aromatic N) is 2. The first-order chi connectivity index (χ1) is 7.74. The van der Waals surface area contributed by atoms with Gasteiger partial charge in [-0.25, -0.2) is 5.01 Å². The third kappa shape index (κ3) is 3.33. The molecule has 1 aromatic heterocycles. The highest BCUT2D eigenvalue weighted by atomic mass is 16.3. The molecule has 2 heterocycles. The Bertz CT molecular complexity index is 291. The van der Waals surface area contributed by atoms with Gasteiger partial charge in [-0.1, -0.05) is 0 Å². The predicted molar refractivity (Wildman–Crippen MR) is 64.1 cm³/mol. The summed E-state index contributed by atoms with van der Waals surface area (Å²) in [5.41, 5.74) is 3.52. The lowest BCUT2D eigenvalue weighted by atomic mass is 10.2. The molecule has 1 unspecified atom stereocenters. The quantitative estimate of drug-likeness (QED) is 0.824. The maximum absolute atomic E-state index is 5.34. The van der Waals surface area contributed by atoms with Crippen molar-refractivity contribution in [3.8, 4) is 0 Å². The third-order valence-electron chi connectivity index (χ3n) is 2.99. The number of piperazine rings is 1. The van der Waals surface area contributed by atoms with Crippen molar-refractivity contribution in [3.05, 3.63) is 24.2 Å². The molecule has 0 spiro atoms. The fourth-order valence-electron chi connectivity index (χ4n) is 2.02. The van der Waals surface area contributed by atoms with Gasteiger partial charge in [-0.2, -0.15) is 0 Å². The first-order valence-electron chi connectivity index (χ1n) is 5.96. The normalized spacial score (nSPS) is 21.1. The SMILES string of the molecule is CC(Cc1ccco1)NN1CCN(C)CC1. The van der Waals surface area contributed by atoms with Gasteiger partial charge in [-0.15, -0.1) is 0 Å². The van der Waals surface area contributed by atoms with Gasteiger partial charge in [0.25, 0.3) is 0 Å². The Labute approximate surface area is 97.2 Å². The number of likely N-dealkylation sites (N-methyl/N-ethyl adjacent to an activating group) is 1. The molecule has 1 aliphatic heterocycles. The molecule has 0 amide bonds.